The highest BCUT2D eigenvalue weighted by Gasteiger charge is 2.15. The zero-order valence-electron chi connectivity index (χ0n) is 10.4. The Labute approximate surface area is 116 Å². The Bertz CT molecular complexity index is 566. The molecule has 1 heterocycles. The quantitative estimate of drug-likeness (QED) is 0.904. The lowest BCUT2D eigenvalue weighted by Crippen LogP contribution is -2.34. The van der Waals surface area contributed by atoms with E-state index in [1.54, 1.807) is 12.3 Å². The predicted molar refractivity (Wildman–Crippen MR) is 72.5 cm³/mol. The fraction of sp³-hybridized carbons (Fsp3) is 0.214. The largest absolute Gasteiger partial charge is 0.507 e. The van der Waals surface area contributed by atoms with E-state index in [0.717, 1.165) is 5.76 Å². The van der Waals surface area contributed by atoms with Crippen LogP contribution in [0.3, 0.4) is 0 Å². The highest BCUT2D eigenvalue weighted by Crippen LogP contribution is 2.21. The number of hydrogen-bond donors (Lipinski definition) is 2. The Hall–Kier alpha value is -1.94. The van der Waals surface area contributed by atoms with Gasteiger partial charge in [-0.1, -0.05) is 11.6 Å². The van der Waals surface area contributed by atoms with E-state index in [2.05, 4.69) is 5.32 Å². The van der Waals surface area contributed by atoms with Gasteiger partial charge in [-0.05, 0) is 37.3 Å². The third-order valence-corrected chi connectivity index (χ3v) is 2.90. The number of carbonyl (C=O) groups excluding carboxylic acids is 1. The number of carbonyl (C=O) groups is 1. The molecule has 0 aliphatic rings. The maximum atomic E-state index is 12.0. The lowest BCUT2D eigenvalue weighted by molar-refractivity contribution is 0.0936. The second-order valence-corrected chi connectivity index (χ2v) is 4.76. The molecular weight excluding hydrogens is 266 g/mol. The van der Waals surface area contributed by atoms with E-state index >= 15 is 0 Å². The number of nitrogens with one attached hydrogen (secondary N) is 1. The summed E-state index contributed by atoms with van der Waals surface area (Å²) in [5.74, 6) is 0.342. The first-order valence-corrected chi connectivity index (χ1v) is 6.26. The maximum absolute atomic E-state index is 12.0. The summed E-state index contributed by atoms with van der Waals surface area (Å²) in [6, 6.07) is 7.89. The van der Waals surface area contributed by atoms with Crippen molar-refractivity contribution in [3.8, 4) is 5.75 Å². The molecule has 1 aromatic carbocycles. The summed E-state index contributed by atoms with van der Waals surface area (Å²) in [6.07, 6.45) is 2.17. The predicted octanol–water partition coefficient (Wildman–Crippen LogP) is 3.00. The molecule has 0 radical (unpaired) electrons. The molecule has 0 bridgehead atoms. The molecule has 2 aromatic rings. The first-order valence-electron chi connectivity index (χ1n) is 5.88. The van der Waals surface area contributed by atoms with Crippen molar-refractivity contribution in [1.29, 1.82) is 0 Å². The molecule has 2 rings (SSSR count). The van der Waals surface area contributed by atoms with Gasteiger partial charge >= 0.3 is 0 Å². The number of furan rings is 1. The van der Waals surface area contributed by atoms with E-state index in [-0.39, 0.29) is 23.3 Å². The van der Waals surface area contributed by atoms with E-state index in [1.807, 2.05) is 13.0 Å². The Kier molecular flexibility index (Phi) is 4.12. The summed E-state index contributed by atoms with van der Waals surface area (Å²) in [4.78, 5) is 12.0. The zero-order valence-corrected chi connectivity index (χ0v) is 11.1. The molecule has 0 saturated heterocycles. The number of amides is 1. The zero-order chi connectivity index (χ0) is 13.8. The minimum absolute atomic E-state index is 0.0906. The van der Waals surface area contributed by atoms with Gasteiger partial charge in [0.2, 0.25) is 0 Å². The van der Waals surface area contributed by atoms with Crippen LogP contribution in [0.1, 0.15) is 23.0 Å². The summed E-state index contributed by atoms with van der Waals surface area (Å²) < 4.78 is 5.21. The molecule has 100 valence electrons. The fourth-order valence-corrected chi connectivity index (χ4v) is 1.95. The minimum Gasteiger partial charge on any atom is -0.507 e. The number of phenols is 1. The summed E-state index contributed by atoms with van der Waals surface area (Å²) >= 11 is 5.81. The SMILES string of the molecule is CC(Cc1ccco1)NC(=O)c1cc(Cl)ccc1O. The van der Waals surface area contributed by atoms with Crippen LogP contribution < -0.4 is 5.32 Å². The minimum atomic E-state index is -0.362. The molecule has 2 N–H and O–H groups in total. The lowest BCUT2D eigenvalue weighted by atomic mass is 10.1. The highest BCUT2D eigenvalue weighted by atomic mass is 35.5. The number of rotatable bonds is 4. The fourth-order valence-electron chi connectivity index (χ4n) is 1.77. The molecule has 0 saturated carbocycles. The van der Waals surface area contributed by atoms with Gasteiger partial charge in [0.15, 0.2) is 0 Å². The third kappa shape index (κ3) is 3.51. The maximum Gasteiger partial charge on any atom is 0.255 e. The van der Waals surface area contributed by atoms with E-state index in [9.17, 15) is 9.90 Å². The van der Waals surface area contributed by atoms with Crippen molar-refractivity contribution in [2.45, 2.75) is 19.4 Å². The van der Waals surface area contributed by atoms with Crippen molar-refractivity contribution in [2.24, 2.45) is 0 Å². The molecule has 1 atom stereocenters. The first kappa shape index (κ1) is 13.5. The monoisotopic (exact) mass is 279 g/mol. The van der Waals surface area contributed by atoms with E-state index in [1.165, 1.54) is 18.2 Å². The molecule has 0 aliphatic heterocycles. The van der Waals surface area contributed by atoms with Gasteiger partial charge in [0.1, 0.15) is 11.5 Å². The summed E-state index contributed by atoms with van der Waals surface area (Å²) in [6.45, 7) is 1.86. The number of hydrogen-bond acceptors (Lipinski definition) is 3. The second kappa shape index (κ2) is 5.80. The van der Waals surface area contributed by atoms with Gasteiger partial charge in [-0.3, -0.25) is 4.79 Å². The number of phenolic OH excluding ortho intramolecular Hbond substituents is 1. The van der Waals surface area contributed by atoms with Gasteiger partial charge < -0.3 is 14.8 Å². The van der Waals surface area contributed by atoms with Crippen LogP contribution in [0.4, 0.5) is 0 Å². The van der Waals surface area contributed by atoms with E-state index < -0.39 is 0 Å². The van der Waals surface area contributed by atoms with Crippen LogP contribution >= 0.6 is 11.6 Å². The standard InChI is InChI=1S/C14H14ClNO3/c1-9(7-11-3-2-6-19-11)16-14(18)12-8-10(15)4-5-13(12)17/h2-6,8-9,17H,7H2,1H3,(H,16,18). The van der Waals surface area contributed by atoms with Gasteiger partial charge in [0.25, 0.3) is 5.91 Å². The van der Waals surface area contributed by atoms with Crippen LogP contribution in [0.25, 0.3) is 0 Å². The van der Waals surface area contributed by atoms with Crippen molar-refractivity contribution in [3.63, 3.8) is 0 Å². The normalized spacial score (nSPS) is 12.1. The Morgan fingerprint density at radius 2 is 2.26 bits per heavy atom. The van der Waals surface area contributed by atoms with Gasteiger partial charge in [-0.25, -0.2) is 0 Å². The van der Waals surface area contributed by atoms with Crippen LogP contribution in [-0.4, -0.2) is 17.1 Å². The molecule has 1 aromatic heterocycles. The molecule has 0 aliphatic carbocycles. The molecule has 0 fully saturated rings. The average molecular weight is 280 g/mol. The Balaban J connectivity index is 2.02. The second-order valence-electron chi connectivity index (χ2n) is 4.32. The van der Waals surface area contributed by atoms with Gasteiger partial charge in [0, 0.05) is 17.5 Å². The van der Waals surface area contributed by atoms with Crippen molar-refractivity contribution in [1.82, 2.24) is 5.32 Å². The average Bonchev–Trinajstić information content (AvgIpc) is 2.84. The summed E-state index contributed by atoms with van der Waals surface area (Å²) in [7, 11) is 0. The van der Waals surface area contributed by atoms with Crippen molar-refractivity contribution in [2.75, 3.05) is 0 Å². The Morgan fingerprint density at radius 1 is 1.47 bits per heavy atom. The summed E-state index contributed by atoms with van der Waals surface area (Å²) in [5.41, 5.74) is 0.166. The molecular formula is C14H14ClNO3. The summed E-state index contributed by atoms with van der Waals surface area (Å²) in [5, 5.41) is 12.8. The molecule has 1 amide bonds. The molecule has 19 heavy (non-hydrogen) atoms. The van der Waals surface area contributed by atoms with Crippen LogP contribution in [0, 0.1) is 0 Å². The van der Waals surface area contributed by atoms with E-state index in [0.29, 0.717) is 11.4 Å². The van der Waals surface area contributed by atoms with Crippen molar-refractivity contribution in [3.05, 3.63) is 52.9 Å². The van der Waals surface area contributed by atoms with Crippen LogP contribution in [0.2, 0.25) is 5.02 Å². The van der Waals surface area contributed by atoms with Crippen LogP contribution in [0.15, 0.2) is 41.0 Å². The number of halogens is 1. The molecule has 5 heteroatoms. The van der Waals surface area contributed by atoms with E-state index in [4.69, 9.17) is 16.0 Å². The number of aromatic hydroxyl groups is 1. The van der Waals surface area contributed by atoms with Crippen molar-refractivity contribution >= 4 is 17.5 Å². The third-order valence-electron chi connectivity index (χ3n) is 2.67. The van der Waals surface area contributed by atoms with Gasteiger partial charge in [-0.15, -0.1) is 0 Å². The molecule has 1 unspecified atom stereocenters. The topological polar surface area (TPSA) is 62.5 Å². The lowest BCUT2D eigenvalue weighted by Gasteiger charge is -2.13. The van der Waals surface area contributed by atoms with Gasteiger partial charge in [0.05, 0.1) is 11.8 Å². The molecule has 4 nitrogen and oxygen atoms in total. The Morgan fingerprint density at radius 3 is 2.95 bits per heavy atom. The highest BCUT2D eigenvalue weighted by molar-refractivity contribution is 6.31. The van der Waals surface area contributed by atoms with Gasteiger partial charge in [-0.2, -0.15) is 0 Å². The number of benzene rings is 1. The van der Waals surface area contributed by atoms with Crippen LogP contribution in [0.5, 0.6) is 5.75 Å². The molecule has 0 spiro atoms. The smallest absolute Gasteiger partial charge is 0.255 e. The van der Waals surface area contributed by atoms with Crippen molar-refractivity contribution < 1.29 is 14.3 Å². The van der Waals surface area contributed by atoms with Crippen LogP contribution in [-0.2, 0) is 6.42 Å². The first-order chi connectivity index (χ1) is 9.06.